The fourth-order valence-corrected chi connectivity index (χ4v) is 3.07. The number of H-pyrrole nitrogens is 1. The third-order valence-electron chi connectivity index (χ3n) is 4.39. The number of benzene rings is 2. The molecular formula is C22H22N2O3. The summed E-state index contributed by atoms with van der Waals surface area (Å²) < 4.78 is 5.54. The van der Waals surface area contributed by atoms with Crippen LogP contribution in [0.25, 0.3) is 10.9 Å². The number of aliphatic hydroxyl groups is 1. The number of aromatic nitrogens is 1. The van der Waals surface area contributed by atoms with Crippen LogP contribution in [-0.4, -0.2) is 35.3 Å². The van der Waals surface area contributed by atoms with Crippen LogP contribution in [0.15, 0.2) is 48.7 Å². The summed E-state index contributed by atoms with van der Waals surface area (Å²) in [7, 11) is 0. The van der Waals surface area contributed by atoms with Crippen LogP contribution >= 0.6 is 0 Å². The largest absolute Gasteiger partial charge is 0.493 e. The van der Waals surface area contributed by atoms with Gasteiger partial charge in [0.1, 0.15) is 5.75 Å². The van der Waals surface area contributed by atoms with Crippen LogP contribution in [0.2, 0.25) is 0 Å². The number of aliphatic hydroxyl groups excluding tert-OH is 1. The van der Waals surface area contributed by atoms with Gasteiger partial charge in [0.25, 0.3) is 5.91 Å². The maximum absolute atomic E-state index is 12.8. The zero-order valence-electron chi connectivity index (χ0n) is 15.2. The van der Waals surface area contributed by atoms with Crippen molar-refractivity contribution in [1.29, 1.82) is 0 Å². The Morgan fingerprint density at radius 1 is 1.33 bits per heavy atom. The van der Waals surface area contributed by atoms with Crippen molar-refractivity contribution in [3.8, 4) is 18.1 Å². The number of carbonyl (C=O) groups excluding carboxylic acids is 1. The van der Waals surface area contributed by atoms with Gasteiger partial charge in [-0.05, 0) is 43.2 Å². The van der Waals surface area contributed by atoms with Gasteiger partial charge in [0.05, 0.1) is 24.8 Å². The van der Waals surface area contributed by atoms with E-state index in [1.807, 2.05) is 37.4 Å². The summed E-state index contributed by atoms with van der Waals surface area (Å²) in [4.78, 5) is 16.0. The topological polar surface area (TPSA) is 74.3 Å². The fourth-order valence-electron chi connectivity index (χ4n) is 3.07. The van der Waals surface area contributed by atoms with Crippen molar-refractivity contribution in [2.75, 3.05) is 13.2 Å². The third kappa shape index (κ3) is 4.13. The van der Waals surface area contributed by atoms with Crippen LogP contribution in [0.1, 0.15) is 28.4 Å². The van der Waals surface area contributed by atoms with Gasteiger partial charge in [-0.25, -0.2) is 0 Å². The lowest BCUT2D eigenvalue weighted by atomic mass is 10.0. The molecule has 1 aromatic heterocycles. The number of hydrogen-bond acceptors (Lipinski definition) is 3. The summed E-state index contributed by atoms with van der Waals surface area (Å²) in [5, 5.41) is 13.7. The van der Waals surface area contributed by atoms with E-state index in [9.17, 15) is 9.90 Å². The monoisotopic (exact) mass is 362 g/mol. The van der Waals surface area contributed by atoms with Crippen molar-refractivity contribution in [2.45, 2.75) is 19.4 Å². The molecule has 0 aliphatic heterocycles. The van der Waals surface area contributed by atoms with Gasteiger partial charge in [-0.15, -0.1) is 6.42 Å². The summed E-state index contributed by atoms with van der Waals surface area (Å²) in [6.45, 7) is 2.11. The SMILES string of the molecule is C#Cc1ccc(OCC)c(C(=O)N[C@@H](CO)Cc2c[nH]c3ccccc23)c1. The first-order chi connectivity index (χ1) is 13.2. The molecule has 0 radical (unpaired) electrons. The molecule has 0 saturated heterocycles. The predicted octanol–water partition coefficient (Wildman–Crippen LogP) is 2.88. The van der Waals surface area contributed by atoms with E-state index in [1.165, 1.54) is 0 Å². The first kappa shape index (κ1) is 18.6. The Labute approximate surface area is 158 Å². The van der Waals surface area contributed by atoms with E-state index in [2.05, 4.69) is 16.2 Å². The lowest BCUT2D eigenvalue weighted by Crippen LogP contribution is -2.39. The number of nitrogens with one attached hydrogen (secondary N) is 2. The van der Waals surface area contributed by atoms with E-state index in [1.54, 1.807) is 18.2 Å². The number of terminal acetylenes is 1. The second-order valence-electron chi connectivity index (χ2n) is 6.20. The molecule has 1 atom stereocenters. The van der Waals surface area contributed by atoms with Crippen LogP contribution in [0, 0.1) is 12.3 Å². The van der Waals surface area contributed by atoms with Crippen LogP contribution in [-0.2, 0) is 6.42 Å². The highest BCUT2D eigenvalue weighted by molar-refractivity contribution is 5.97. The number of amides is 1. The van der Waals surface area contributed by atoms with E-state index in [0.29, 0.717) is 29.9 Å². The summed E-state index contributed by atoms with van der Waals surface area (Å²) in [6, 6.07) is 12.6. The van der Waals surface area contributed by atoms with Crippen molar-refractivity contribution < 1.29 is 14.6 Å². The molecule has 5 heteroatoms. The van der Waals surface area contributed by atoms with Gasteiger partial charge in [-0.1, -0.05) is 24.1 Å². The molecule has 0 unspecified atom stereocenters. The molecule has 2 aromatic carbocycles. The van der Waals surface area contributed by atoms with Crippen molar-refractivity contribution >= 4 is 16.8 Å². The second-order valence-corrected chi connectivity index (χ2v) is 6.20. The molecule has 0 saturated carbocycles. The summed E-state index contributed by atoms with van der Waals surface area (Å²) in [6.07, 6.45) is 7.86. The lowest BCUT2D eigenvalue weighted by molar-refractivity contribution is 0.0912. The quantitative estimate of drug-likeness (QED) is 0.566. The highest BCUT2D eigenvalue weighted by Crippen LogP contribution is 2.22. The minimum Gasteiger partial charge on any atom is -0.493 e. The van der Waals surface area contributed by atoms with Crippen molar-refractivity contribution in [3.05, 3.63) is 65.4 Å². The van der Waals surface area contributed by atoms with Gasteiger partial charge >= 0.3 is 0 Å². The number of ether oxygens (including phenoxy) is 1. The molecule has 1 heterocycles. The minimum atomic E-state index is -0.430. The number of fused-ring (bicyclic) bond motifs is 1. The summed E-state index contributed by atoms with van der Waals surface area (Å²) in [5.74, 6) is 2.67. The molecule has 0 spiro atoms. The van der Waals surface area contributed by atoms with Gasteiger partial charge < -0.3 is 20.1 Å². The molecule has 0 aliphatic carbocycles. The highest BCUT2D eigenvalue weighted by atomic mass is 16.5. The van der Waals surface area contributed by atoms with Crippen molar-refractivity contribution in [3.63, 3.8) is 0 Å². The number of carbonyl (C=O) groups is 1. The number of para-hydroxylation sites is 1. The van der Waals surface area contributed by atoms with Crippen LogP contribution in [0.3, 0.4) is 0 Å². The standard InChI is InChI=1S/C22H22N2O3/c1-3-15-9-10-21(27-4-2)19(11-15)22(26)24-17(14-25)12-16-13-23-20-8-6-5-7-18(16)20/h1,5-11,13,17,23,25H,4,12,14H2,2H3,(H,24,26)/t17-/m1/s1. The smallest absolute Gasteiger partial charge is 0.255 e. The Morgan fingerprint density at radius 3 is 2.89 bits per heavy atom. The predicted molar refractivity (Wildman–Crippen MR) is 106 cm³/mol. The second kappa shape index (κ2) is 8.43. The molecule has 3 rings (SSSR count). The van der Waals surface area contributed by atoms with Gasteiger partial charge in [0, 0.05) is 22.7 Å². The summed E-state index contributed by atoms with van der Waals surface area (Å²) >= 11 is 0. The van der Waals surface area contributed by atoms with E-state index in [4.69, 9.17) is 11.2 Å². The van der Waals surface area contributed by atoms with Crippen molar-refractivity contribution in [1.82, 2.24) is 10.3 Å². The normalized spacial score (nSPS) is 11.7. The Bertz CT molecular complexity index is 985. The Kier molecular flexibility index (Phi) is 5.80. The van der Waals surface area contributed by atoms with E-state index < -0.39 is 6.04 Å². The zero-order chi connectivity index (χ0) is 19.2. The molecule has 27 heavy (non-hydrogen) atoms. The zero-order valence-corrected chi connectivity index (χ0v) is 15.2. The number of hydrogen-bond donors (Lipinski definition) is 3. The molecule has 1 amide bonds. The van der Waals surface area contributed by atoms with Gasteiger partial charge in [-0.2, -0.15) is 0 Å². The van der Waals surface area contributed by atoms with E-state index in [0.717, 1.165) is 16.5 Å². The van der Waals surface area contributed by atoms with Gasteiger partial charge in [-0.3, -0.25) is 4.79 Å². The minimum absolute atomic E-state index is 0.177. The Balaban J connectivity index is 1.80. The molecule has 0 fully saturated rings. The van der Waals surface area contributed by atoms with Crippen molar-refractivity contribution in [2.24, 2.45) is 0 Å². The highest BCUT2D eigenvalue weighted by Gasteiger charge is 2.19. The van der Waals surface area contributed by atoms with Gasteiger partial charge in [0.15, 0.2) is 0 Å². The fraction of sp³-hybridized carbons (Fsp3) is 0.227. The van der Waals surface area contributed by atoms with Crippen LogP contribution < -0.4 is 10.1 Å². The molecule has 3 aromatic rings. The average molecular weight is 362 g/mol. The first-order valence-corrected chi connectivity index (χ1v) is 8.86. The summed E-state index contributed by atoms with van der Waals surface area (Å²) in [5.41, 5.74) is 3.02. The molecular weight excluding hydrogens is 340 g/mol. The molecule has 0 bridgehead atoms. The molecule has 0 aliphatic rings. The molecule has 3 N–H and O–H groups in total. The molecule has 5 nitrogen and oxygen atoms in total. The van der Waals surface area contributed by atoms with Crippen LogP contribution in [0.5, 0.6) is 5.75 Å². The molecule has 138 valence electrons. The van der Waals surface area contributed by atoms with Crippen LogP contribution in [0.4, 0.5) is 0 Å². The Morgan fingerprint density at radius 2 is 2.15 bits per heavy atom. The third-order valence-corrected chi connectivity index (χ3v) is 4.39. The average Bonchev–Trinajstić information content (AvgIpc) is 3.10. The first-order valence-electron chi connectivity index (χ1n) is 8.86. The van der Waals surface area contributed by atoms with E-state index >= 15 is 0 Å². The number of aromatic amines is 1. The Hall–Kier alpha value is -3.23. The lowest BCUT2D eigenvalue weighted by Gasteiger charge is -2.18. The van der Waals surface area contributed by atoms with E-state index in [-0.39, 0.29) is 12.5 Å². The van der Waals surface area contributed by atoms with Gasteiger partial charge in [0.2, 0.25) is 0 Å². The maximum Gasteiger partial charge on any atom is 0.255 e. The number of rotatable bonds is 7. The maximum atomic E-state index is 12.8.